The molecule has 2 aliphatic rings. The van der Waals surface area contributed by atoms with Gasteiger partial charge in [-0.1, -0.05) is 50.9 Å². The predicted octanol–water partition coefficient (Wildman–Crippen LogP) is 3.83. The van der Waals surface area contributed by atoms with Gasteiger partial charge in [-0.05, 0) is 30.5 Å². The lowest BCUT2D eigenvalue weighted by Crippen LogP contribution is -2.53. The van der Waals surface area contributed by atoms with E-state index in [1.165, 1.54) is 12.0 Å². The summed E-state index contributed by atoms with van der Waals surface area (Å²) in [5.74, 6) is 1.27. The van der Waals surface area contributed by atoms with Crippen LogP contribution in [0.4, 0.5) is 0 Å². The zero-order valence-corrected chi connectivity index (χ0v) is 17.3. The number of hydrogen-bond donors (Lipinski definition) is 1. The van der Waals surface area contributed by atoms with Gasteiger partial charge in [0.05, 0.1) is 5.88 Å². The smallest absolute Gasteiger partial charge is 0.243 e. The fourth-order valence-electron chi connectivity index (χ4n) is 3.64. The first-order chi connectivity index (χ1) is 12.2. The Morgan fingerprint density at radius 1 is 1.27 bits per heavy atom. The molecular weight excluding hydrogens is 368 g/mol. The summed E-state index contributed by atoms with van der Waals surface area (Å²) in [7, 11) is 0. The van der Waals surface area contributed by atoms with E-state index >= 15 is 0 Å². The lowest BCUT2D eigenvalue weighted by atomic mass is 9.64. The molecule has 1 heterocycles. The average Bonchev–Trinajstić information content (AvgIpc) is 3.03. The summed E-state index contributed by atoms with van der Waals surface area (Å²) < 4.78 is 0. The number of halogens is 1. The van der Waals surface area contributed by atoms with Gasteiger partial charge in [0, 0.05) is 28.2 Å². The number of rotatable bonds is 4. The molecule has 1 unspecified atom stereocenters. The number of thioether (sulfide) groups is 1. The molecule has 3 rings (SSSR count). The van der Waals surface area contributed by atoms with E-state index < -0.39 is 5.41 Å². The number of amides is 2. The molecule has 4 nitrogen and oxygen atoms in total. The van der Waals surface area contributed by atoms with Crippen LogP contribution in [0, 0.1) is 5.41 Å². The number of carbonyl (C=O) groups is 2. The van der Waals surface area contributed by atoms with Crippen LogP contribution in [0.3, 0.4) is 0 Å². The van der Waals surface area contributed by atoms with E-state index in [4.69, 9.17) is 11.6 Å². The molecule has 2 amide bonds. The SMILES string of the molecule is CC(C)(C)C(=O)N1CSCC1C(=O)NCC1(c2ccc(Cl)cc2)CCC1. The Bertz CT molecular complexity index is 680. The minimum atomic E-state index is -0.470. The maximum atomic E-state index is 12.8. The molecule has 26 heavy (non-hydrogen) atoms. The summed E-state index contributed by atoms with van der Waals surface area (Å²) in [5, 5.41) is 3.87. The average molecular weight is 395 g/mol. The molecule has 142 valence electrons. The molecule has 0 aromatic heterocycles. The number of carbonyl (C=O) groups excluding carboxylic acids is 2. The highest BCUT2D eigenvalue weighted by Crippen LogP contribution is 2.43. The second kappa shape index (κ2) is 7.43. The highest BCUT2D eigenvalue weighted by molar-refractivity contribution is 7.99. The Hall–Kier alpha value is -1.20. The van der Waals surface area contributed by atoms with Crippen molar-refractivity contribution in [3.05, 3.63) is 34.9 Å². The van der Waals surface area contributed by atoms with E-state index in [-0.39, 0.29) is 23.3 Å². The molecule has 1 atom stereocenters. The van der Waals surface area contributed by atoms with Crippen LogP contribution in [0.2, 0.25) is 5.02 Å². The minimum absolute atomic E-state index is 0.00482. The van der Waals surface area contributed by atoms with Crippen molar-refractivity contribution in [1.29, 1.82) is 0 Å². The quantitative estimate of drug-likeness (QED) is 0.844. The summed E-state index contributed by atoms with van der Waals surface area (Å²) in [6, 6.07) is 7.59. The van der Waals surface area contributed by atoms with E-state index in [0.29, 0.717) is 18.2 Å². The van der Waals surface area contributed by atoms with Gasteiger partial charge in [-0.2, -0.15) is 0 Å². The number of nitrogens with one attached hydrogen (secondary N) is 1. The Balaban J connectivity index is 1.66. The molecule has 1 saturated carbocycles. The van der Waals surface area contributed by atoms with Crippen LogP contribution >= 0.6 is 23.4 Å². The standard InChI is InChI=1S/C20H27ClN2O2S/c1-19(2,3)18(25)23-13-26-11-16(23)17(24)22-12-20(9-4-10-20)14-5-7-15(21)8-6-14/h5-8,16H,4,9-13H2,1-3H3,(H,22,24). The van der Waals surface area contributed by atoms with Crippen molar-refractivity contribution in [2.75, 3.05) is 18.2 Å². The molecule has 1 aromatic carbocycles. The minimum Gasteiger partial charge on any atom is -0.353 e. The van der Waals surface area contributed by atoms with Crippen LogP contribution in [-0.2, 0) is 15.0 Å². The molecule has 1 aliphatic carbocycles. The molecule has 0 radical (unpaired) electrons. The maximum Gasteiger partial charge on any atom is 0.243 e. The van der Waals surface area contributed by atoms with Crippen LogP contribution < -0.4 is 5.32 Å². The molecule has 1 N–H and O–H groups in total. The third-order valence-corrected chi connectivity index (χ3v) is 6.72. The molecule has 6 heteroatoms. The van der Waals surface area contributed by atoms with E-state index in [9.17, 15) is 9.59 Å². The van der Waals surface area contributed by atoms with E-state index in [1.54, 1.807) is 16.7 Å². The summed E-state index contributed by atoms with van der Waals surface area (Å²) in [4.78, 5) is 27.2. The van der Waals surface area contributed by atoms with Crippen molar-refractivity contribution >= 4 is 35.2 Å². The van der Waals surface area contributed by atoms with E-state index in [0.717, 1.165) is 17.9 Å². The number of benzene rings is 1. The Kier molecular flexibility index (Phi) is 5.59. The fourth-order valence-corrected chi connectivity index (χ4v) is 4.92. The maximum absolute atomic E-state index is 12.8. The third kappa shape index (κ3) is 3.89. The van der Waals surface area contributed by atoms with Crippen LogP contribution in [-0.4, -0.2) is 40.9 Å². The van der Waals surface area contributed by atoms with Crippen LogP contribution in [0.25, 0.3) is 0 Å². The summed E-state index contributed by atoms with van der Waals surface area (Å²) in [5.41, 5.74) is 0.768. The van der Waals surface area contributed by atoms with E-state index in [1.807, 2.05) is 32.9 Å². The Morgan fingerprint density at radius 3 is 2.46 bits per heavy atom. The van der Waals surface area contributed by atoms with Crippen molar-refractivity contribution < 1.29 is 9.59 Å². The molecule has 0 bridgehead atoms. The summed E-state index contributed by atoms with van der Waals surface area (Å²) in [6.07, 6.45) is 3.31. The second-order valence-corrected chi connectivity index (χ2v) is 9.84. The van der Waals surface area contributed by atoms with Crippen LogP contribution in [0.5, 0.6) is 0 Å². The van der Waals surface area contributed by atoms with Crippen LogP contribution in [0.1, 0.15) is 45.6 Å². The van der Waals surface area contributed by atoms with E-state index in [2.05, 4.69) is 17.4 Å². The predicted molar refractivity (Wildman–Crippen MR) is 107 cm³/mol. The first-order valence-electron chi connectivity index (χ1n) is 9.16. The van der Waals surface area contributed by atoms with Crippen molar-refractivity contribution in [3.63, 3.8) is 0 Å². The zero-order chi connectivity index (χ0) is 18.9. The van der Waals surface area contributed by atoms with Crippen molar-refractivity contribution in [3.8, 4) is 0 Å². The van der Waals surface area contributed by atoms with Gasteiger partial charge in [-0.15, -0.1) is 11.8 Å². The molecule has 2 fully saturated rings. The van der Waals surface area contributed by atoms with Gasteiger partial charge in [0.1, 0.15) is 6.04 Å². The Morgan fingerprint density at radius 2 is 1.92 bits per heavy atom. The molecule has 1 aromatic rings. The second-order valence-electron chi connectivity index (χ2n) is 8.40. The van der Waals surface area contributed by atoms with Gasteiger partial charge in [0.25, 0.3) is 0 Å². The van der Waals surface area contributed by atoms with Gasteiger partial charge >= 0.3 is 0 Å². The number of hydrogen-bond acceptors (Lipinski definition) is 3. The summed E-state index contributed by atoms with van der Waals surface area (Å²) in [6.45, 7) is 6.32. The topological polar surface area (TPSA) is 49.4 Å². The molecule has 1 aliphatic heterocycles. The lowest BCUT2D eigenvalue weighted by molar-refractivity contribution is -0.144. The highest BCUT2D eigenvalue weighted by atomic mass is 35.5. The van der Waals surface area contributed by atoms with Gasteiger partial charge in [0.2, 0.25) is 11.8 Å². The first-order valence-corrected chi connectivity index (χ1v) is 10.7. The number of nitrogens with zero attached hydrogens (tertiary/aromatic N) is 1. The van der Waals surface area contributed by atoms with Crippen molar-refractivity contribution in [2.24, 2.45) is 5.41 Å². The lowest BCUT2D eigenvalue weighted by Gasteiger charge is -2.43. The van der Waals surface area contributed by atoms with Crippen molar-refractivity contribution in [2.45, 2.75) is 51.5 Å². The highest BCUT2D eigenvalue weighted by Gasteiger charge is 2.42. The monoisotopic (exact) mass is 394 g/mol. The van der Waals surface area contributed by atoms with Gasteiger partial charge in [-0.3, -0.25) is 9.59 Å². The van der Waals surface area contributed by atoms with Gasteiger partial charge < -0.3 is 10.2 Å². The molecule has 0 spiro atoms. The van der Waals surface area contributed by atoms with Gasteiger partial charge in [-0.25, -0.2) is 0 Å². The van der Waals surface area contributed by atoms with Crippen LogP contribution in [0.15, 0.2) is 24.3 Å². The third-order valence-electron chi connectivity index (χ3n) is 5.46. The Labute approximate surface area is 165 Å². The summed E-state index contributed by atoms with van der Waals surface area (Å²) >= 11 is 7.65. The first kappa shape index (κ1) is 19.6. The zero-order valence-electron chi connectivity index (χ0n) is 15.7. The van der Waals surface area contributed by atoms with Crippen molar-refractivity contribution in [1.82, 2.24) is 10.2 Å². The normalized spacial score (nSPS) is 22.0. The largest absolute Gasteiger partial charge is 0.353 e. The molecular formula is C20H27ClN2O2S. The fraction of sp³-hybridized carbons (Fsp3) is 0.600. The molecule has 1 saturated heterocycles. The van der Waals surface area contributed by atoms with Gasteiger partial charge in [0.15, 0.2) is 0 Å².